The molecule has 1 aromatic rings. The second kappa shape index (κ2) is 9.02. The number of hydrogen-bond donors (Lipinski definition) is 1. The molecule has 0 saturated carbocycles. The van der Waals surface area contributed by atoms with E-state index >= 15 is 0 Å². The van der Waals surface area contributed by atoms with Gasteiger partial charge in [0.15, 0.2) is 0 Å². The van der Waals surface area contributed by atoms with Crippen molar-refractivity contribution in [3.8, 4) is 0 Å². The van der Waals surface area contributed by atoms with Crippen LogP contribution in [-0.2, 0) is 14.8 Å². The van der Waals surface area contributed by atoms with E-state index in [0.717, 1.165) is 25.9 Å². The number of para-hydroxylation sites is 1. The summed E-state index contributed by atoms with van der Waals surface area (Å²) in [5.41, 5.74) is 0.639. The van der Waals surface area contributed by atoms with Gasteiger partial charge in [-0.25, -0.2) is 12.7 Å². The van der Waals surface area contributed by atoms with Gasteiger partial charge in [-0.05, 0) is 25.0 Å². The van der Waals surface area contributed by atoms with Crippen LogP contribution in [0.4, 0.5) is 5.69 Å². The van der Waals surface area contributed by atoms with Gasteiger partial charge < -0.3 is 10.1 Å². The van der Waals surface area contributed by atoms with Gasteiger partial charge >= 0.3 is 0 Å². The van der Waals surface area contributed by atoms with Gasteiger partial charge in [0.2, 0.25) is 10.0 Å². The smallest absolute Gasteiger partial charge is 0.244 e. The van der Waals surface area contributed by atoms with Crippen LogP contribution in [0.1, 0.15) is 26.2 Å². The molecule has 0 radical (unpaired) electrons. The zero-order valence-corrected chi connectivity index (χ0v) is 13.9. The summed E-state index contributed by atoms with van der Waals surface area (Å²) in [5, 5.41) is 3.18. The predicted octanol–water partition coefficient (Wildman–Crippen LogP) is 2.56. The average Bonchev–Trinajstić information content (AvgIpc) is 2.46. The van der Waals surface area contributed by atoms with Crippen LogP contribution in [0.25, 0.3) is 0 Å². The summed E-state index contributed by atoms with van der Waals surface area (Å²) >= 11 is 0. The molecule has 5 nitrogen and oxygen atoms in total. The summed E-state index contributed by atoms with van der Waals surface area (Å²) in [6.07, 6.45) is 3.06. The van der Waals surface area contributed by atoms with E-state index < -0.39 is 10.0 Å². The van der Waals surface area contributed by atoms with Crippen molar-refractivity contribution in [2.75, 3.05) is 39.2 Å². The molecule has 1 rings (SSSR count). The Kier molecular flexibility index (Phi) is 7.71. The maximum absolute atomic E-state index is 12.2. The first-order valence-electron chi connectivity index (χ1n) is 7.33. The largest absolute Gasteiger partial charge is 0.384 e. The van der Waals surface area contributed by atoms with E-state index in [0.29, 0.717) is 23.7 Å². The highest BCUT2D eigenvalue weighted by molar-refractivity contribution is 7.89. The fourth-order valence-corrected chi connectivity index (χ4v) is 2.84. The van der Waals surface area contributed by atoms with Gasteiger partial charge in [-0.15, -0.1) is 0 Å². The van der Waals surface area contributed by atoms with E-state index in [9.17, 15) is 8.42 Å². The Balaban J connectivity index is 2.53. The molecule has 0 heterocycles. The lowest BCUT2D eigenvalue weighted by molar-refractivity contribution is 0.131. The predicted molar refractivity (Wildman–Crippen MR) is 86.1 cm³/mol. The third kappa shape index (κ3) is 5.65. The lowest BCUT2D eigenvalue weighted by atomic mass is 10.3. The van der Waals surface area contributed by atoms with Crippen LogP contribution >= 0.6 is 0 Å². The van der Waals surface area contributed by atoms with Crippen LogP contribution in [0, 0.1) is 0 Å². The molecule has 0 aliphatic carbocycles. The van der Waals surface area contributed by atoms with Gasteiger partial charge in [0.05, 0.1) is 5.69 Å². The van der Waals surface area contributed by atoms with Crippen LogP contribution in [0.2, 0.25) is 0 Å². The van der Waals surface area contributed by atoms with Crippen LogP contribution in [0.15, 0.2) is 29.2 Å². The van der Waals surface area contributed by atoms with E-state index in [-0.39, 0.29) is 0 Å². The van der Waals surface area contributed by atoms with Crippen molar-refractivity contribution in [2.45, 2.75) is 31.1 Å². The van der Waals surface area contributed by atoms with Crippen molar-refractivity contribution < 1.29 is 13.2 Å². The van der Waals surface area contributed by atoms with Gasteiger partial charge in [0.1, 0.15) is 4.90 Å². The molecule has 0 unspecified atom stereocenters. The van der Waals surface area contributed by atoms with E-state index in [2.05, 4.69) is 12.2 Å². The first kappa shape index (κ1) is 17.9. The van der Waals surface area contributed by atoms with Crippen molar-refractivity contribution in [1.82, 2.24) is 4.31 Å². The molecule has 1 aromatic carbocycles. The summed E-state index contributed by atoms with van der Waals surface area (Å²) in [5.74, 6) is 0. The minimum atomic E-state index is -3.42. The molecule has 0 aromatic heterocycles. The van der Waals surface area contributed by atoms with E-state index in [1.807, 2.05) is 6.07 Å². The Morgan fingerprint density at radius 2 is 1.81 bits per heavy atom. The second-order valence-electron chi connectivity index (χ2n) is 5.03. The third-order valence-corrected chi connectivity index (χ3v) is 4.94. The Hall–Kier alpha value is -1.11. The van der Waals surface area contributed by atoms with Crippen molar-refractivity contribution >= 4 is 15.7 Å². The van der Waals surface area contributed by atoms with E-state index in [1.54, 1.807) is 18.2 Å². The first-order chi connectivity index (χ1) is 10.00. The number of nitrogens with zero attached hydrogens (tertiary/aromatic N) is 1. The number of ether oxygens (including phenoxy) is 1. The monoisotopic (exact) mass is 314 g/mol. The quantitative estimate of drug-likeness (QED) is 0.674. The highest BCUT2D eigenvalue weighted by atomic mass is 32.2. The standard InChI is InChI=1S/C15H26N2O3S/c1-4-5-12-20-13-8-11-16-14-9-6-7-10-15(14)21(18,19)17(2)3/h6-7,9-10,16H,4-5,8,11-13H2,1-3H3. The molecule has 0 fully saturated rings. The van der Waals surface area contributed by atoms with Gasteiger partial charge in [-0.1, -0.05) is 25.5 Å². The van der Waals surface area contributed by atoms with Gasteiger partial charge in [0.25, 0.3) is 0 Å². The summed E-state index contributed by atoms with van der Waals surface area (Å²) < 4.78 is 31.1. The fourth-order valence-electron chi connectivity index (χ4n) is 1.78. The summed E-state index contributed by atoms with van der Waals surface area (Å²) in [4.78, 5) is 0.307. The van der Waals surface area contributed by atoms with Crippen molar-refractivity contribution in [3.05, 3.63) is 24.3 Å². The second-order valence-corrected chi connectivity index (χ2v) is 7.15. The van der Waals surface area contributed by atoms with Crippen LogP contribution in [0.5, 0.6) is 0 Å². The molecule has 0 aliphatic rings. The number of hydrogen-bond acceptors (Lipinski definition) is 4. The molecule has 0 atom stereocenters. The number of unbranched alkanes of at least 4 members (excludes halogenated alkanes) is 1. The SMILES string of the molecule is CCCCOCCCNc1ccccc1S(=O)(=O)N(C)C. The van der Waals surface area contributed by atoms with Crippen LogP contribution < -0.4 is 5.32 Å². The Morgan fingerprint density at radius 1 is 1.14 bits per heavy atom. The zero-order valence-electron chi connectivity index (χ0n) is 13.1. The maximum atomic E-state index is 12.2. The number of rotatable bonds is 10. The van der Waals surface area contributed by atoms with E-state index in [4.69, 9.17) is 4.74 Å². The molecule has 0 bridgehead atoms. The molecule has 21 heavy (non-hydrogen) atoms. The van der Waals surface area contributed by atoms with Crippen molar-refractivity contribution in [3.63, 3.8) is 0 Å². The summed E-state index contributed by atoms with van der Waals surface area (Å²) in [6, 6.07) is 6.97. The van der Waals surface area contributed by atoms with Crippen LogP contribution in [0.3, 0.4) is 0 Å². The highest BCUT2D eigenvalue weighted by Crippen LogP contribution is 2.22. The first-order valence-corrected chi connectivity index (χ1v) is 8.77. The third-order valence-electron chi connectivity index (χ3n) is 3.07. The summed E-state index contributed by atoms with van der Waals surface area (Å²) in [6.45, 7) is 4.30. The molecule has 0 amide bonds. The number of nitrogens with one attached hydrogen (secondary N) is 1. The van der Waals surface area contributed by atoms with E-state index in [1.165, 1.54) is 18.4 Å². The van der Waals surface area contributed by atoms with Crippen molar-refractivity contribution in [1.29, 1.82) is 0 Å². The molecule has 120 valence electrons. The maximum Gasteiger partial charge on any atom is 0.244 e. The minimum Gasteiger partial charge on any atom is -0.384 e. The lowest BCUT2D eigenvalue weighted by Crippen LogP contribution is -2.23. The van der Waals surface area contributed by atoms with Crippen molar-refractivity contribution in [2.24, 2.45) is 0 Å². The Bertz CT molecular complexity index is 515. The van der Waals surface area contributed by atoms with Crippen LogP contribution in [-0.4, -0.2) is 46.6 Å². The lowest BCUT2D eigenvalue weighted by Gasteiger charge is -2.16. The minimum absolute atomic E-state index is 0.307. The van der Waals surface area contributed by atoms with Gasteiger partial charge in [0, 0.05) is 33.9 Å². The fraction of sp³-hybridized carbons (Fsp3) is 0.600. The number of sulfonamides is 1. The average molecular weight is 314 g/mol. The Morgan fingerprint density at radius 3 is 2.48 bits per heavy atom. The number of benzene rings is 1. The normalized spacial score (nSPS) is 11.8. The highest BCUT2D eigenvalue weighted by Gasteiger charge is 2.20. The Labute approximate surface area is 128 Å². The number of anilines is 1. The zero-order chi connectivity index (χ0) is 15.7. The molecule has 0 spiro atoms. The molecule has 0 saturated heterocycles. The molecular weight excluding hydrogens is 288 g/mol. The molecule has 1 N–H and O–H groups in total. The topological polar surface area (TPSA) is 58.6 Å². The van der Waals surface area contributed by atoms with Gasteiger partial charge in [-0.3, -0.25) is 0 Å². The molecular formula is C15H26N2O3S. The van der Waals surface area contributed by atoms with Gasteiger partial charge in [-0.2, -0.15) is 0 Å². The molecule has 0 aliphatic heterocycles. The summed E-state index contributed by atoms with van der Waals surface area (Å²) in [7, 11) is -0.352. The molecule has 6 heteroatoms.